The van der Waals surface area contributed by atoms with Gasteiger partial charge in [0.25, 0.3) is 0 Å². The molecule has 0 fully saturated rings. The van der Waals surface area contributed by atoms with Crippen LogP contribution in [0, 0.1) is 0 Å². The Kier molecular flexibility index (Phi) is 8.83. The molecule has 2 aromatic rings. The number of fused-ring (bicyclic) bond motifs is 1. The molecule has 0 aliphatic carbocycles. The molecule has 154 valence electrons. The number of halogens is 1. The van der Waals surface area contributed by atoms with E-state index in [9.17, 15) is 5.11 Å². The van der Waals surface area contributed by atoms with Crippen LogP contribution in [0.4, 0.5) is 0 Å². The lowest BCUT2D eigenvalue weighted by atomic mass is 10.1. The van der Waals surface area contributed by atoms with Crippen molar-refractivity contribution in [3.05, 3.63) is 59.0 Å². The molecular formula is C21H29ClN3O3-. The summed E-state index contributed by atoms with van der Waals surface area (Å²) in [6.07, 6.45) is 3.19. The van der Waals surface area contributed by atoms with Gasteiger partial charge in [-0.3, -0.25) is 4.99 Å². The van der Waals surface area contributed by atoms with Crippen molar-refractivity contribution in [1.82, 2.24) is 9.96 Å². The van der Waals surface area contributed by atoms with E-state index in [2.05, 4.69) is 28.1 Å². The number of nitrogens with zero attached hydrogens (tertiary/aromatic N) is 3. The first-order chi connectivity index (χ1) is 13.1. The van der Waals surface area contributed by atoms with Crippen LogP contribution in [0.2, 0.25) is 0 Å². The molecule has 0 bridgehead atoms. The average Bonchev–Trinajstić information content (AvgIpc) is 3.03. The minimum absolute atomic E-state index is 0. The summed E-state index contributed by atoms with van der Waals surface area (Å²) in [5.74, 6) is 1.83. The van der Waals surface area contributed by atoms with Crippen molar-refractivity contribution < 1.29 is 14.4 Å². The Morgan fingerprint density at radius 2 is 2.04 bits per heavy atom. The summed E-state index contributed by atoms with van der Waals surface area (Å²) in [6.45, 7) is 2.42. The molecule has 0 amide bonds. The first-order valence-corrected chi connectivity index (χ1v) is 9.53. The smallest absolute Gasteiger partial charge is 0.159 e. The Hall–Kier alpha value is -2.02. The predicted octanol–water partition coefficient (Wildman–Crippen LogP) is 2.79. The highest BCUT2D eigenvalue weighted by Gasteiger charge is 2.19. The number of aryl methyl sites for hydroxylation is 1. The summed E-state index contributed by atoms with van der Waals surface area (Å²) < 4.78 is 5.88. The molecule has 1 aromatic carbocycles. The predicted molar refractivity (Wildman–Crippen MR) is 110 cm³/mol. The molecule has 2 heterocycles. The largest absolute Gasteiger partial charge is 0.528 e. The Labute approximate surface area is 173 Å². The lowest BCUT2D eigenvalue weighted by Crippen LogP contribution is -2.36. The van der Waals surface area contributed by atoms with Gasteiger partial charge in [0.1, 0.15) is 11.5 Å². The van der Waals surface area contributed by atoms with E-state index >= 15 is 0 Å². The van der Waals surface area contributed by atoms with Crippen LogP contribution in [0.15, 0.2) is 45.8 Å². The van der Waals surface area contributed by atoms with E-state index < -0.39 is 6.08 Å². The van der Waals surface area contributed by atoms with Gasteiger partial charge in [-0.1, -0.05) is 30.3 Å². The standard InChI is InChI=1S/C21H29N3O3.ClH/c1-23(2)15-19-14-18-11-13-24(16-20(18)26-19)27-21(25)22-12-7-6-10-17-8-4-3-5-9-17;/h3-5,8-9,14H,6-7,10-13,15-16H2,1-2H3,(H,22,25);1H/p-1. The quantitative estimate of drug-likeness (QED) is 0.383. The molecule has 0 unspecified atom stereocenters. The lowest BCUT2D eigenvalue weighted by Gasteiger charge is -2.32. The summed E-state index contributed by atoms with van der Waals surface area (Å²) in [4.78, 5) is 11.4. The van der Waals surface area contributed by atoms with Gasteiger partial charge >= 0.3 is 0 Å². The first-order valence-electron chi connectivity index (χ1n) is 9.53. The maximum atomic E-state index is 11.9. The summed E-state index contributed by atoms with van der Waals surface area (Å²) >= 11 is 0. The molecule has 3 rings (SSSR count). The van der Waals surface area contributed by atoms with Crippen molar-refractivity contribution in [2.45, 2.75) is 38.8 Å². The van der Waals surface area contributed by atoms with E-state index in [0.717, 1.165) is 43.7 Å². The van der Waals surface area contributed by atoms with Crippen molar-refractivity contribution in [3.8, 4) is 0 Å². The average molecular weight is 407 g/mol. The molecule has 1 aliphatic rings. The number of hydrogen-bond donors (Lipinski definition) is 0. The van der Waals surface area contributed by atoms with Gasteiger partial charge in [-0.2, -0.15) is 0 Å². The molecule has 0 N–H and O–H groups in total. The molecule has 0 atom stereocenters. The molecule has 0 saturated heterocycles. The van der Waals surface area contributed by atoms with Crippen molar-refractivity contribution in [2.24, 2.45) is 4.99 Å². The highest BCUT2D eigenvalue weighted by Crippen LogP contribution is 2.23. The zero-order chi connectivity index (χ0) is 19.1. The maximum Gasteiger partial charge on any atom is 0.159 e. The van der Waals surface area contributed by atoms with Crippen LogP contribution in [-0.4, -0.2) is 43.2 Å². The monoisotopic (exact) mass is 406 g/mol. The van der Waals surface area contributed by atoms with Crippen LogP contribution >= 0.6 is 12.4 Å². The third kappa shape index (κ3) is 6.86. The molecule has 1 aromatic heterocycles. The van der Waals surface area contributed by atoms with Gasteiger partial charge in [0.05, 0.1) is 13.1 Å². The van der Waals surface area contributed by atoms with Crippen molar-refractivity contribution in [3.63, 3.8) is 0 Å². The highest BCUT2D eigenvalue weighted by molar-refractivity contribution is 5.85. The summed E-state index contributed by atoms with van der Waals surface area (Å²) in [6, 6.07) is 12.5. The van der Waals surface area contributed by atoms with Gasteiger partial charge in [-0.25, -0.2) is 5.06 Å². The minimum atomic E-state index is -0.516. The second-order valence-electron chi connectivity index (χ2n) is 7.19. The van der Waals surface area contributed by atoms with Crippen LogP contribution in [0.5, 0.6) is 0 Å². The Balaban J connectivity index is 0.00000280. The first kappa shape index (κ1) is 22.3. The number of benzene rings is 1. The van der Waals surface area contributed by atoms with Crippen molar-refractivity contribution in [1.29, 1.82) is 0 Å². The fourth-order valence-electron chi connectivity index (χ4n) is 3.22. The molecular weight excluding hydrogens is 378 g/mol. The van der Waals surface area contributed by atoms with E-state index in [1.165, 1.54) is 11.1 Å². The molecule has 7 heteroatoms. The second-order valence-corrected chi connectivity index (χ2v) is 7.19. The Morgan fingerprint density at radius 1 is 1.25 bits per heavy atom. The topological polar surface area (TPSA) is 64.3 Å². The number of furan rings is 1. The molecule has 28 heavy (non-hydrogen) atoms. The third-order valence-electron chi connectivity index (χ3n) is 4.53. The number of unbranched alkanes of at least 4 members (excludes halogenated alkanes) is 1. The van der Waals surface area contributed by atoms with Crippen molar-refractivity contribution >= 4 is 18.5 Å². The fraction of sp³-hybridized carbons (Fsp3) is 0.476. The van der Waals surface area contributed by atoms with E-state index in [4.69, 9.17) is 9.25 Å². The van der Waals surface area contributed by atoms with Gasteiger partial charge < -0.3 is 19.3 Å². The molecule has 0 saturated carbocycles. The second kappa shape index (κ2) is 11.1. The SMILES string of the molecule is CN(C)Cc1cc2c(o1)CN(OC([O-])=NCCCCc1ccccc1)CC2.Cl. The third-order valence-corrected chi connectivity index (χ3v) is 4.53. The molecule has 1 aliphatic heterocycles. The van der Waals surface area contributed by atoms with E-state index in [1.807, 2.05) is 32.3 Å². The van der Waals surface area contributed by atoms with Crippen LogP contribution in [-0.2, 0) is 30.8 Å². The number of hydroxylamine groups is 2. The van der Waals surface area contributed by atoms with Gasteiger partial charge in [-0.05, 0) is 57.0 Å². The molecule has 0 radical (unpaired) electrons. The van der Waals surface area contributed by atoms with E-state index in [0.29, 0.717) is 19.6 Å². The Bertz CT molecular complexity index is 747. The maximum absolute atomic E-state index is 11.9. The normalized spacial score (nSPS) is 14.6. The van der Waals surface area contributed by atoms with Gasteiger partial charge in [0, 0.05) is 13.1 Å². The van der Waals surface area contributed by atoms with Gasteiger partial charge in [-0.15, -0.1) is 12.4 Å². The lowest BCUT2D eigenvalue weighted by molar-refractivity contribution is -0.287. The Morgan fingerprint density at radius 3 is 2.79 bits per heavy atom. The summed E-state index contributed by atoms with van der Waals surface area (Å²) in [7, 11) is 4.02. The highest BCUT2D eigenvalue weighted by atomic mass is 35.5. The zero-order valence-corrected chi connectivity index (χ0v) is 17.4. The van der Waals surface area contributed by atoms with Crippen LogP contribution in [0.1, 0.15) is 35.5 Å². The summed E-state index contributed by atoms with van der Waals surface area (Å²) in [5.41, 5.74) is 2.52. The zero-order valence-electron chi connectivity index (χ0n) is 16.6. The van der Waals surface area contributed by atoms with Crippen LogP contribution in [0.3, 0.4) is 0 Å². The number of aliphatic imine (C=N–C) groups is 1. The molecule has 0 spiro atoms. The van der Waals surface area contributed by atoms with E-state index in [-0.39, 0.29) is 12.4 Å². The minimum Gasteiger partial charge on any atom is -0.528 e. The summed E-state index contributed by atoms with van der Waals surface area (Å²) in [5, 5.41) is 13.6. The van der Waals surface area contributed by atoms with Gasteiger partial charge in [0.15, 0.2) is 6.08 Å². The molecule has 6 nitrogen and oxygen atoms in total. The van der Waals surface area contributed by atoms with Gasteiger partial charge in [0.2, 0.25) is 0 Å². The number of hydrogen-bond acceptors (Lipinski definition) is 6. The fourth-order valence-corrected chi connectivity index (χ4v) is 3.22. The van der Waals surface area contributed by atoms with E-state index in [1.54, 1.807) is 5.06 Å². The van der Waals surface area contributed by atoms with Crippen LogP contribution in [0.25, 0.3) is 0 Å². The van der Waals surface area contributed by atoms with Crippen LogP contribution < -0.4 is 5.11 Å². The van der Waals surface area contributed by atoms with Crippen molar-refractivity contribution in [2.75, 3.05) is 27.2 Å². The number of rotatable bonds is 8.